The van der Waals surface area contributed by atoms with Gasteiger partial charge in [0, 0.05) is 21.3 Å². The Morgan fingerprint density at radius 2 is 0.547 bits per heavy atom. The van der Waals surface area contributed by atoms with E-state index in [1.54, 1.807) is 21.3 Å². The maximum atomic E-state index is 14.4. The molecule has 1 fully saturated rings. The Hall–Kier alpha value is -12.5. The molecule has 128 heavy (non-hydrogen) atoms. The number of aliphatic hydroxyl groups excluding tert-OH is 1. The first kappa shape index (κ1) is 91.7. The number of halogens is 1. The number of methoxy groups -OCH3 is 3. The van der Waals surface area contributed by atoms with Crippen LogP contribution in [0.25, 0.3) is 44.1 Å². The number of benzene rings is 12. The van der Waals surface area contributed by atoms with Gasteiger partial charge < -0.3 is 55.9 Å². The van der Waals surface area contributed by atoms with E-state index in [2.05, 4.69) is 316 Å². The lowest BCUT2D eigenvalue weighted by atomic mass is 9.77. The van der Waals surface area contributed by atoms with Gasteiger partial charge in [-0.25, -0.2) is 4.39 Å². The van der Waals surface area contributed by atoms with Gasteiger partial charge in [-0.15, -0.1) is 0 Å². The van der Waals surface area contributed by atoms with Crippen molar-refractivity contribution in [3.63, 3.8) is 0 Å². The van der Waals surface area contributed by atoms with Crippen molar-refractivity contribution in [2.24, 2.45) is 5.92 Å². The van der Waals surface area contributed by atoms with Gasteiger partial charge in [-0.2, -0.15) is 0 Å². The first-order chi connectivity index (χ1) is 61.9. The first-order valence-electron chi connectivity index (χ1n) is 45.2. The quantitative estimate of drug-likeness (QED) is 0.0313. The Labute approximate surface area is 753 Å². The number of ether oxygens (including phenoxy) is 3. The Morgan fingerprint density at radius 1 is 0.305 bits per heavy atom. The van der Waals surface area contributed by atoms with Crippen LogP contribution in [0, 0.1) is 82.9 Å². The summed E-state index contributed by atoms with van der Waals surface area (Å²) in [4.78, 5) is 0. The van der Waals surface area contributed by atoms with E-state index in [1.807, 2.05) is 88.2 Å². The van der Waals surface area contributed by atoms with Gasteiger partial charge in [0.05, 0.1) is 118 Å². The van der Waals surface area contributed by atoms with Crippen LogP contribution in [0.15, 0.2) is 291 Å². The van der Waals surface area contributed by atoms with E-state index in [4.69, 9.17) is 25.0 Å². The fraction of sp³-hybridized carbons (Fsp3) is 0.315. The number of rotatable bonds is 29. The van der Waals surface area contributed by atoms with Crippen molar-refractivity contribution >= 4 is 44.1 Å². The minimum Gasteiger partial charge on any atom is -0.391 e. The predicted molar refractivity (Wildman–Crippen MR) is 518 cm³/mol. The number of fused-ring (bicyclic) bond motifs is 4. The molecule has 4 heterocycles. The highest BCUT2D eigenvalue weighted by molar-refractivity contribution is 5.79. The smallest absolute Gasteiger partial charge is 0.204 e. The SMILES string of the molecule is COC[C@H](Cc1ccc(C)cc1)n1c(=N)n(C(C)c2ccc(C)cc2)c2ccccc21.COC[C@H](Cc1ccc(C)cc1)n1c(=N)n(C(CF)c2ccc(C)cc2)c2ccccc21.COC[C@H](Cc1ccc(C)cc1)n1c(=N)n(C(c2ccc(C)cc2)C2CCC2)c2ccccc21.Cc1ccc(C[C@@H]([C@@H](C)O)n2c(=N)n(C(C)c3ccc(C)cc3)c3ccccc32)cc1. The number of nitrogens with zero attached hydrogens (tertiary/aromatic N) is 8. The van der Waals surface area contributed by atoms with Crippen LogP contribution in [0.4, 0.5) is 4.39 Å². The fourth-order valence-electron chi connectivity index (χ4n) is 18.6. The number of imidazole rings is 4. The molecule has 16 nitrogen and oxygen atoms in total. The van der Waals surface area contributed by atoms with Gasteiger partial charge in [0.15, 0.2) is 0 Å². The van der Waals surface area contributed by atoms with E-state index in [-0.39, 0.29) is 47.9 Å². The number of aryl methyl sites for hydroxylation is 8. The molecule has 0 spiro atoms. The van der Waals surface area contributed by atoms with Crippen LogP contribution in [-0.4, -0.2) is 95.6 Å². The third-order valence-electron chi connectivity index (χ3n) is 25.9. The summed E-state index contributed by atoms with van der Waals surface area (Å²) in [6.45, 7) is 23.8. The van der Waals surface area contributed by atoms with Crippen molar-refractivity contribution < 1.29 is 23.7 Å². The highest BCUT2D eigenvalue weighted by Gasteiger charge is 2.35. The molecule has 17 rings (SSSR count). The largest absolute Gasteiger partial charge is 0.391 e. The molecule has 4 aromatic heterocycles. The van der Waals surface area contributed by atoms with Crippen LogP contribution in [0.2, 0.25) is 0 Å². The zero-order valence-corrected chi connectivity index (χ0v) is 76.9. The zero-order chi connectivity index (χ0) is 90.4. The minimum atomic E-state index is -0.593. The van der Waals surface area contributed by atoms with Crippen LogP contribution < -0.4 is 22.5 Å². The van der Waals surface area contributed by atoms with E-state index < -0.39 is 18.8 Å². The lowest BCUT2D eigenvalue weighted by molar-refractivity contribution is 0.128. The summed E-state index contributed by atoms with van der Waals surface area (Å²) in [7, 11) is 5.18. The number of hydrogen-bond donors (Lipinski definition) is 5. The van der Waals surface area contributed by atoms with E-state index in [1.165, 1.54) is 91.6 Å². The second kappa shape index (κ2) is 41.9. The average Bonchev–Trinajstić information content (AvgIpc) is 1.60. The van der Waals surface area contributed by atoms with Crippen LogP contribution in [0.1, 0.15) is 177 Å². The van der Waals surface area contributed by atoms with E-state index >= 15 is 0 Å². The minimum absolute atomic E-state index is 0.00766. The summed E-state index contributed by atoms with van der Waals surface area (Å²) in [5.74, 6) is 0.564. The van der Waals surface area contributed by atoms with Crippen molar-refractivity contribution in [3.05, 3.63) is 403 Å². The lowest BCUT2D eigenvalue weighted by Crippen LogP contribution is -2.36. The molecule has 12 aromatic carbocycles. The van der Waals surface area contributed by atoms with Crippen LogP contribution in [0.5, 0.6) is 0 Å². The van der Waals surface area contributed by atoms with Crippen LogP contribution in [0.3, 0.4) is 0 Å². The number of aromatic nitrogens is 8. The molecule has 5 N–H and O–H groups in total. The molecule has 0 radical (unpaired) electrons. The molecule has 0 amide bonds. The van der Waals surface area contributed by atoms with Gasteiger partial charge in [0.2, 0.25) is 22.5 Å². The summed E-state index contributed by atoms with van der Waals surface area (Å²) >= 11 is 0. The summed E-state index contributed by atoms with van der Waals surface area (Å²) in [6, 6.07) is 101. The number of alkyl halides is 1. The molecule has 1 aliphatic carbocycles. The van der Waals surface area contributed by atoms with Gasteiger partial charge >= 0.3 is 0 Å². The van der Waals surface area contributed by atoms with E-state index in [0.717, 1.165) is 80.1 Å². The normalized spacial score (nSPS) is 14.3. The second-order valence-electron chi connectivity index (χ2n) is 35.4. The van der Waals surface area contributed by atoms with Gasteiger partial charge in [-0.05, 0) is 214 Å². The molecular formula is C111H127FN12O4. The van der Waals surface area contributed by atoms with Crippen molar-refractivity contribution in [1.29, 1.82) is 21.6 Å². The Balaban J connectivity index is 0.000000138. The molecule has 4 unspecified atom stereocenters. The number of aliphatic hydroxyl groups is 1. The maximum Gasteiger partial charge on any atom is 0.204 e. The number of hydrogen-bond acceptors (Lipinski definition) is 8. The molecule has 0 aliphatic heterocycles. The zero-order valence-electron chi connectivity index (χ0n) is 76.9. The standard InChI is InChI=1S/C30H35N3O.C27H30FN3O.2C27H31N3O/c1-21-11-15-23(16-12-21)19-26(20-34-3)32-27-9-4-5-10-28(27)33(30(32)31)29(24-7-6-8-24)25-17-13-22(2)14-18-25;1-19-8-12-21(13-9-19)16-23(18-32-3)30-24-6-4-5-7-25(24)31(27(30)29)26(17-28)22-14-10-20(2)11-15-22;1-19-9-13-22(14-10-19)17-24(18-31-4)30-26-8-6-5-7-25(26)29(27(30)28)21(3)23-15-11-20(2)12-16-23;1-18-9-13-22(14-10-18)17-26(21(4)31)30-25-8-6-5-7-24(25)29(27(30)28)20(3)23-15-11-19(2)12-16-23/h4-5,9-18,24,26,29,31H,6-8,19-20H2,1-3H3;4-15,23,26,29H,16-18H2,1-3H3;5-16,21,24,28H,17-18H2,1-4H3;5-16,20-21,26,28,31H,17H2,1-4H3/t26-,29?;23-,26?;21?,24-;20?,21-,26+/m0001/s1. The molecule has 9 atom stereocenters. The Morgan fingerprint density at radius 3 is 0.836 bits per heavy atom. The number of nitrogens with one attached hydrogen (secondary N) is 4. The van der Waals surface area contributed by atoms with Crippen molar-refractivity contribution in [2.45, 2.75) is 176 Å². The average molecular weight is 1710 g/mol. The summed E-state index contributed by atoms with van der Waals surface area (Å²) in [5, 5.41) is 47.6. The first-order valence-corrected chi connectivity index (χ1v) is 45.2. The predicted octanol–water partition coefficient (Wildman–Crippen LogP) is 22.8. The molecular weight excluding hydrogens is 1580 g/mol. The topological polar surface area (TPSA) is 183 Å². The van der Waals surface area contributed by atoms with Crippen molar-refractivity contribution in [3.8, 4) is 0 Å². The van der Waals surface area contributed by atoms with Gasteiger partial charge in [0.1, 0.15) is 6.67 Å². The molecule has 0 saturated heterocycles. The van der Waals surface area contributed by atoms with E-state index in [0.29, 0.717) is 49.0 Å². The van der Waals surface area contributed by atoms with Crippen molar-refractivity contribution in [2.75, 3.05) is 47.8 Å². The highest BCUT2D eigenvalue weighted by Crippen LogP contribution is 2.42. The monoisotopic (exact) mass is 1710 g/mol. The third kappa shape index (κ3) is 20.5. The molecule has 0 bridgehead atoms. The van der Waals surface area contributed by atoms with Crippen molar-refractivity contribution in [1.82, 2.24) is 36.5 Å². The van der Waals surface area contributed by atoms with Gasteiger partial charge in [-0.3, -0.25) is 21.6 Å². The molecule has 662 valence electrons. The third-order valence-corrected chi connectivity index (χ3v) is 25.9. The van der Waals surface area contributed by atoms with Gasteiger partial charge in [0.25, 0.3) is 0 Å². The van der Waals surface area contributed by atoms with E-state index in [9.17, 15) is 20.3 Å². The lowest BCUT2D eigenvalue weighted by Gasteiger charge is -2.35. The molecule has 1 aliphatic rings. The van der Waals surface area contributed by atoms with Crippen LogP contribution >= 0.6 is 0 Å². The molecule has 16 aromatic rings. The second-order valence-corrected chi connectivity index (χ2v) is 35.4. The maximum absolute atomic E-state index is 14.4. The van der Waals surface area contributed by atoms with Crippen LogP contribution in [-0.2, 0) is 39.9 Å². The number of para-hydroxylation sites is 8. The molecule has 17 heteroatoms. The summed E-state index contributed by atoms with van der Waals surface area (Å²) in [6.07, 6.45) is 6.16. The summed E-state index contributed by atoms with van der Waals surface area (Å²) < 4.78 is 48.0. The molecule has 1 saturated carbocycles. The Bertz CT molecular complexity index is 6610. The highest BCUT2D eigenvalue weighted by atomic mass is 19.1. The Kier molecular flexibility index (Phi) is 30.1. The summed E-state index contributed by atoms with van der Waals surface area (Å²) in [5.41, 5.74) is 29.1. The van der Waals surface area contributed by atoms with Gasteiger partial charge in [-0.1, -0.05) is 294 Å². The fourth-order valence-corrected chi connectivity index (χ4v) is 18.6.